The van der Waals surface area contributed by atoms with Crippen molar-refractivity contribution in [3.63, 3.8) is 0 Å². The maximum atomic E-state index is 11.1. The molecule has 130 heavy (non-hydrogen) atoms. The maximum Gasteiger partial charge on any atom is 0.220 e. The van der Waals surface area contributed by atoms with Gasteiger partial charge < -0.3 is 34.0 Å². The standard InChI is InChI=1S/C13H27N.2C12H26.C11H19NO.2C11H23N.C11H24.C10H21NO.2C10H22O.C10H22/c1-11(2)7-9-14-8-5-6-13(10-14)12(3)4;1-10(2)8-6-7-9-12(5)11(3)4;1-11(2)9-7-5-6-8-10-12(3)4;1-8(2)5-6-10-7-11(9(3)4)12-13-10;2*1-9(2)5-6-12-7-11(8-12)10(3)4;1-10(2)8-6-5-7-9-11(3)4;1-8(2)5-6-11-10(12)7-9(3)4;1-9(2)5-7-11-8-6-10(3)4;1-9(2)6-5-7-11-8-10(3)4;1-9(2)7-5-6-8-10(3)4/h11-13H,5-10H2,1-4H3;10-12H,6-9H2,1-5H3;11-12H,5-10H2,1-4H3;7-9H,5-6H2,1-4H3;2*9-11H,5-8H2,1-4H3;10-11H,5-9H2,1-4H3;8-9H,5-7H2,1-4H3,(H,11,12);2*9-10H,5-8H2,1-4H3;9-10H,5-8H2,1-4H3. The minimum absolute atomic E-state index is 0.186. The fourth-order valence-electron chi connectivity index (χ4n) is 14.5. The minimum Gasteiger partial charge on any atom is -0.381 e. The molecule has 4 heterocycles. The van der Waals surface area contributed by atoms with Crippen LogP contribution >= 0.6 is 0 Å². The summed E-state index contributed by atoms with van der Waals surface area (Å²) in [5.74, 6) is 22.8. The number of unbranched alkanes of at least 4 members (excludes halogenated alkanes) is 7. The summed E-state index contributed by atoms with van der Waals surface area (Å²) in [5, 5.41) is 6.93. The van der Waals surface area contributed by atoms with Crippen LogP contribution < -0.4 is 5.32 Å². The highest BCUT2D eigenvalue weighted by Gasteiger charge is 2.30. The molecule has 0 aromatic carbocycles. The second-order valence-corrected chi connectivity index (χ2v) is 50.1. The van der Waals surface area contributed by atoms with Gasteiger partial charge in [-0.05, 0) is 251 Å². The van der Waals surface area contributed by atoms with Gasteiger partial charge in [-0.1, -0.05) is 439 Å². The van der Waals surface area contributed by atoms with E-state index in [2.05, 4.69) is 343 Å². The van der Waals surface area contributed by atoms with E-state index >= 15 is 0 Å². The number of nitrogens with zero attached hydrogens (tertiary/aromatic N) is 4. The first-order valence-electron chi connectivity index (χ1n) is 57.1. The van der Waals surface area contributed by atoms with Gasteiger partial charge in [0.2, 0.25) is 5.91 Å². The number of carbonyl (C=O) groups is 1. The van der Waals surface area contributed by atoms with Crippen molar-refractivity contribution in [1.82, 2.24) is 25.2 Å². The van der Waals surface area contributed by atoms with Gasteiger partial charge in [0, 0.05) is 84.6 Å². The lowest BCUT2D eigenvalue weighted by atomic mass is 9.88. The Balaban J connectivity index is -0.000000256. The molecule has 4 rings (SSSR count). The minimum atomic E-state index is 0.186. The normalized spacial score (nSPS) is 14.8. The summed E-state index contributed by atoms with van der Waals surface area (Å²) in [6.45, 7) is 119. The summed E-state index contributed by atoms with van der Waals surface area (Å²) >= 11 is 0. The molecule has 788 valence electrons. The van der Waals surface area contributed by atoms with Crippen molar-refractivity contribution in [3.05, 3.63) is 17.5 Å². The van der Waals surface area contributed by atoms with Crippen LogP contribution in [0.25, 0.3) is 0 Å². The zero-order chi connectivity index (χ0) is 101. The second kappa shape index (κ2) is 95.0. The number of carbonyl (C=O) groups excluding carboxylic acids is 1. The SMILES string of the molecule is CC(C)CCCCC(C)C.CC(C)CCCCC(C)C(C)C.CC(C)CCCCCC(C)C.CC(C)CCCCCCC(C)C.CC(C)CCCOCC(C)C.CC(C)CCN1CC(C(C)C)C1.CC(C)CCN1CC(C(C)C)C1.CC(C)CCN1CCCC(C(C)C)C1.CC(C)CCNC(=O)CC(C)C.CC(C)CCOCCC(C)C.CC(C)CCc1cc(C(C)C)no1. The molecule has 9 nitrogen and oxygen atoms in total. The van der Waals surface area contributed by atoms with E-state index in [1.807, 2.05) is 0 Å². The predicted octanol–water partition coefficient (Wildman–Crippen LogP) is 37.7. The van der Waals surface area contributed by atoms with Gasteiger partial charge in [0.15, 0.2) is 0 Å². The molecule has 3 fully saturated rings. The smallest absolute Gasteiger partial charge is 0.220 e. The van der Waals surface area contributed by atoms with Crippen LogP contribution in [0, 0.1) is 148 Å². The summed E-state index contributed by atoms with van der Waals surface area (Å²) in [5.41, 5.74) is 1.07. The fraction of sp³-hybridized carbons (Fsp3) is 0.967. The van der Waals surface area contributed by atoms with Crippen molar-refractivity contribution in [3.8, 4) is 0 Å². The van der Waals surface area contributed by atoms with Crippen LogP contribution in [0.5, 0.6) is 0 Å². The van der Waals surface area contributed by atoms with Crippen molar-refractivity contribution in [1.29, 1.82) is 0 Å². The summed E-state index contributed by atoms with van der Waals surface area (Å²) in [6.07, 6.45) is 42.9. The highest BCUT2D eigenvalue weighted by molar-refractivity contribution is 5.76. The van der Waals surface area contributed by atoms with Crippen molar-refractivity contribution < 1.29 is 18.8 Å². The third kappa shape index (κ3) is 117. The number of rotatable bonds is 57. The number of piperidine rings is 1. The van der Waals surface area contributed by atoms with Gasteiger partial charge in [0.1, 0.15) is 5.76 Å². The second-order valence-electron chi connectivity index (χ2n) is 50.1. The van der Waals surface area contributed by atoms with Crippen LogP contribution in [0.3, 0.4) is 0 Å². The molecule has 0 bridgehead atoms. The summed E-state index contributed by atoms with van der Waals surface area (Å²) < 4.78 is 16.1. The van der Waals surface area contributed by atoms with Gasteiger partial charge in [0.05, 0.1) is 5.69 Å². The van der Waals surface area contributed by atoms with Gasteiger partial charge >= 0.3 is 0 Å². The van der Waals surface area contributed by atoms with E-state index < -0.39 is 0 Å². The number of aryl methyl sites for hydroxylation is 1. The Morgan fingerprint density at radius 3 is 0.938 bits per heavy atom. The van der Waals surface area contributed by atoms with Gasteiger partial charge in [-0.25, -0.2) is 0 Å². The van der Waals surface area contributed by atoms with Crippen LogP contribution in [0.15, 0.2) is 10.6 Å². The van der Waals surface area contributed by atoms with Gasteiger partial charge in [-0.15, -0.1) is 0 Å². The Bertz CT molecular complexity index is 2190. The average molecular weight is 1840 g/mol. The molecule has 1 amide bonds. The molecule has 3 saturated heterocycles. The Morgan fingerprint density at radius 2 is 0.638 bits per heavy atom. The van der Waals surface area contributed by atoms with E-state index in [0.717, 1.165) is 187 Å². The summed E-state index contributed by atoms with van der Waals surface area (Å²) in [7, 11) is 0. The number of likely N-dealkylation sites (tertiary alicyclic amines) is 3. The zero-order valence-corrected chi connectivity index (χ0v) is 98.5. The first kappa shape index (κ1) is 141. The molecule has 3 aliphatic heterocycles. The van der Waals surface area contributed by atoms with Crippen LogP contribution in [0.1, 0.15) is 528 Å². The van der Waals surface area contributed by atoms with Gasteiger partial charge in [-0.3, -0.25) is 4.79 Å². The first-order valence-corrected chi connectivity index (χ1v) is 57.1. The van der Waals surface area contributed by atoms with Gasteiger partial charge in [0.25, 0.3) is 0 Å². The number of amides is 1. The maximum absolute atomic E-state index is 11.1. The molecular formula is C121H255N5O4. The molecule has 3 aliphatic rings. The topological polar surface area (TPSA) is 83.3 Å². The van der Waals surface area contributed by atoms with E-state index in [9.17, 15) is 4.79 Å². The lowest BCUT2D eigenvalue weighted by Crippen LogP contribution is -2.49. The molecule has 2 unspecified atom stereocenters. The molecule has 1 aromatic heterocycles. The molecular weight excluding hydrogens is 1590 g/mol. The Labute approximate surface area is 825 Å². The highest BCUT2D eigenvalue weighted by Crippen LogP contribution is 2.28. The number of hydrogen-bond donors (Lipinski definition) is 1. The molecule has 2 atom stereocenters. The van der Waals surface area contributed by atoms with Crippen LogP contribution in [-0.4, -0.2) is 118 Å². The third-order valence-electron chi connectivity index (χ3n) is 25.4. The number of ether oxygens (including phenoxy) is 2. The Hall–Kier alpha value is -1.52. The average Bonchev–Trinajstić information content (AvgIpc) is 1.00. The fourth-order valence-corrected chi connectivity index (χ4v) is 14.5. The summed E-state index contributed by atoms with van der Waals surface area (Å²) in [6, 6.07) is 2.08. The quantitative estimate of drug-likeness (QED) is 0.0646. The van der Waals surface area contributed by atoms with Crippen LogP contribution in [0.2, 0.25) is 0 Å². The monoisotopic (exact) mass is 1840 g/mol. The van der Waals surface area contributed by atoms with E-state index in [1.54, 1.807) is 0 Å². The van der Waals surface area contributed by atoms with Crippen LogP contribution in [-0.2, 0) is 20.7 Å². The van der Waals surface area contributed by atoms with Gasteiger partial charge in [-0.2, -0.15) is 0 Å². The molecule has 9 heteroatoms. The van der Waals surface area contributed by atoms with Crippen molar-refractivity contribution in [2.75, 3.05) is 91.9 Å². The summed E-state index contributed by atoms with van der Waals surface area (Å²) in [4.78, 5) is 19.0. The van der Waals surface area contributed by atoms with Crippen molar-refractivity contribution in [2.45, 2.75) is 523 Å². The van der Waals surface area contributed by atoms with E-state index in [0.29, 0.717) is 30.1 Å². The number of nitrogens with one attached hydrogen (secondary N) is 1. The largest absolute Gasteiger partial charge is 0.381 e. The molecule has 1 N–H and O–H groups in total. The third-order valence-corrected chi connectivity index (χ3v) is 25.4. The Morgan fingerprint density at radius 1 is 0.331 bits per heavy atom. The zero-order valence-electron chi connectivity index (χ0n) is 98.5. The van der Waals surface area contributed by atoms with E-state index in [-0.39, 0.29) is 5.91 Å². The molecule has 0 saturated carbocycles. The molecule has 0 radical (unpaired) electrons. The number of aromatic nitrogens is 1. The first-order chi connectivity index (χ1) is 60.6. The van der Waals surface area contributed by atoms with Crippen molar-refractivity contribution in [2.24, 2.45) is 148 Å². The lowest BCUT2D eigenvalue weighted by Gasteiger charge is -2.42. The van der Waals surface area contributed by atoms with E-state index in [4.69, 9.17) is 14.0 Å². The molecule has 1 aromatic rings. The predicted molar refractivity (Wildman–Crippen MR) is 593 cm³/mol. The van der Waals surface area contributed by atoms with Crippen LogP contribution in [0.4, 0.5) is 0 Å². The van der Waals surface area contributed by atoms with E-state index in [1.165, 1.54) is 245 Å². The highest BCUT2D eigenvalue weighted by atomic mass is 16.5. The lowest BCUT2D eigenvalue weighted by molar-refractivity contribution is -0.121. The number of hydrogen-bond acceptors (Lipinski definition) is 8. The van der Waals surface area contributed by atoms with Crippen molar-refractivity contribution >= 4 is 5.91 Å². The molecule has 0 spiro atoms. The molecule has 0 aliphatic carbocycles. The Kier molecular flexibility index (Phi) is 103.